The van der Waals surface area contributed by atoms with E-state index in [2.05, 4.69) is 212 Å². The minimum Gasteiger partial charge on any atom is -0.195 e. The molecule has 0 aliphatic carbocycles. The van der Waals surface area contributed by atoms with Gasteiger partial charge in [0.25, 0.3) is 0 Å². The van der Waals surface area contributed by atoms with E-state index in [-0.39, 0.29) is 9.90 Å². The Bertz CT molecular complexity index is 1560. The second-order valence-corrected chi connectivity index (χ2v) is 13.1. The van der Waals surface area contributed by atoms with Gasteiger partial charge in [0.05, 0.1) is 0 Å². The van der Waals surface area contributed by atoms with Crippen LogP contribution < -0.4 is 37.8 Å². The number of hydrogen-bond donors (Lipinski definition) is 0. The molecule has 0 nitrogen and oxygen atoms in total. The Morgan fingerprint density at radius 3 is 0.622 bits per heavy atom. The van der Waals surface area contributed by atoms with Crippen LogP contribution in [0.1, 0.15) is 0 Å². The van der Waals surface area contributed by atoms with Crippen molar-refractivity contribution in [3.63, 3.8) is 0 Å². The summed E-state index contributed by atoms with van der Waals surface area (Å²) in [5.41, 5.74) is 5.36. The molecule has 0 amide bonds. The average Bonchev–Trinajstić information content (AvgIpc) is 3.12. The molecule has 0 radical (unpaired) electrons. The molecule has 220 valence electrons. The molecule has 3 heteroatoms. The molecule has 0 saturated carbocycles. The lowest BCUT2D eigenvalue weighted by Gasteiger charge is -2.44. The smallest absolute Gasteiger partial charge is 0.108 e. The van der Waals surface area contributed by atoms with Crippen molar-refractivity contribution in [1.82, 2.24) is 0 Å². The molecule has 0 spiro atoms. The van der Waals surface area contributed by atoms with Gasteiger partial charge in [-0.25, -0.2) is 0 Å². The third kappa shape index (κ3) is 7.24. The van der Waals surface area contributed by atoms with Crippen LogP contribution in [0.3, 0.4) is 0 Å². The fraction of sp³-hybridized carbons (Fsp3) is 0. The highest BCUT2D eigenvalue weighted by Crippen LogP contribution is 2.32. The van der Waals surface area contributed by atoms with Gasteiger partial charge in [0, 0.05) is 0 Å². The molecule has 0 fully saturated rings. The van der Waals surface area contributed by atoms with Crippen molar-refractivity contribution in [2.45, 2.75) is 0 Å². The molecule has 0 aliphatic heterocycles. The van der Waals surface area contributed by atoms with E-state index >= 15 is 0 Å². The molecule has 7 aromatic rings. The highest BCUT2D eigenvalue weighted by molar-refractivity contribution is 7.79. The molecule has 45 heavy (non-hydrogen) atoms. The zero-order valence-electron chi connectivity index (χ0n) is 25.7. The zero-order chi connectivity index (χ0) is 29.9. The van der Waals surface area contributed by atoms with Crippen molar-refractivity contribution in [2.75, 3.05) is 0 Å². The molecule has 0 heterocycles. The van der Waals surface area contributed by atoms with E-state index in [0.717, 1.165) is 0 Å². The van der Waals surface area contributed by atoms with E-state index in [4.69, 9.17) is 0 Å². The predicted octanol–water partition coefficient (Wildman–Crippen LogP) is 6.30. The van der Waals surface area contributed by atoms with Gasteiger partial charge in [-0.05, 0) is 33.7 Å². The highest BCUT2D eigenvalue weighted by atomic mass is 31.1. The van der Waals surface area contributed by atoms with Crippen LogP contribution in [-0.2, 0) is 0 Å². The zero-order valence-corrected chi connectivity index (χ0v) is 28.6. The van der Waals surface area contributed by atoms with Crippen LogP contribution >= 0.6 is 17.8 Å². The standard InChI is InChI=1S/C24H20B.C18H15P.H3P/c1-5-13-21(14-6-1)25(22-15-7-2-8-16-22,23-17-9-3-10-18-23)24-19-11-4-12-20-24;1-4-10-16(11-5-1)19(17-12-6-2-7-13-17)18-14-8-3-9-15-18;/h1-20H;1-15H;1H3/q-1;;/p+1. The normalized spacial score (nSPS) is 10.7. The van der Waals surface area contributed by atoms with Gasteiger partial charge in [-0.15, -0.1) is 0 Å². The van der Waals surface area contributed by atoms with Gasteiger partial charge in [-0.2, -0.15) is 21.9 Å². The minimum absolute atomic E-state index is 0. The molecular weight excluding hydrogens is 577 g/mol. The van der Waals surface area contributed by atoms with Gasteiger partial charge in [-0.3, -0.25) is 0 Å². The van der Waals surface area contributed by atoms with E-state index in [1.54, 1.807) is 0 Å². The van der Waals surface area contributed by atoms with Gasteiger partial charge in [-0.1, -0.05) is 212 Å². The van der Waals surface area contributed by atoms with Crippen LogP contribution in [0.25, 0.3) is 0 Å². The summed E-state index contributed by atoms with van der Waals surface area (Å²) < 4.78 is 0. The second kappa shape index (κ2) is 16.0. The van der Waals surface area contributed by atoms with Gasteiger partial charge < -0.3 is 0 Å². The average molecular weight is 617 g/mol. The second-order valence-electron chi connectivity index (χ2n) is 10.9. The Kier molecular flexibility index (Phi) is 11.3. The Balaban J connectivity index is 0.000000180. The Labute approximate surface area is 273 Å². The number of rotatable bonds is 7. The molecule has 0 bridgehead atoms. The molecule has 1 unspecified atom stereocenters. The Hall–Kier alpha value is -4.54. The molecule has 0 saturated heterocycles. The maximum Gasteiger partial charge on any atom is 0.108 e. The fourth-order valence-electron chi connectivity index (χ4n) is 6.30. The van der Waals surface area contributed by atoms with Crippen molar-refractivity contribution in [1.29, 1.82) is 0 Å². The highest BCUT2D eigenvalue weighted by Gasteiger charge is 2.31. The van der Waals surface area contributed by atoms with E-state index in [1.807, 2.05) is 0 Å². The van der Waals surface area contributed by atoms with Crippen LogP contribution in [0.5, 0.6) is 0 Å². The van der Waals surface area contributed by atoms with Crippen molar-refractivity contribution in [2.24, 2.45) is 0 Å². The van der Waals surface area contributed by atoms with Crippen molar-refractivity contribution in [3.05, 3.63) is 212 Å². The molecule has 0 aromatic heterocycles. The van der Waals surface area contributed by atoms with Crippen LogP contribution in [-0.4, -0.2) is 6.15 Å². The maximum absolute atomic E-state index is 2.26. The molecule has 0 N–H and O–H groups in total. The molecule has 7 rings (SSSR count). The third-order valence-corrected chi connectivity index (χ3v) is 10.7. The minimum atomic E-state index is -1.22. The summed E-state index contributed by atoms with van der Waals surface area (Å²) in [5.74, 6) is 0. The summed E-state index contributed by atoms with van der Waals surface area (Å²) in [6.45, 7) is 0. The van der Waals surface area contributed by atoms with E-state index in [1.165, 1.54) is 37.8 Å². The first kappa shape index (κ1) is 31.9. The lowest BCUT2D eigenvalue weighted by atomic mass is 9.13. The first-order valence-corrected chi connectivity index (χ1v) is 16.5. The van der Waals surface area contributed by atoms with Crippen molar-refractivity contribution < 1.29 is 0 Å². The summed E-state index contributed by atoms with van der Waals surface area (Å²) in [6, 6.07) is 75.9. The van der Waals surface area contributed by atoms with E-state index in [0.29, 0.717) is 0 Å². The third-order valence-electron chi connectivity index (χ3n) is 8.24. The summed E-state index contributed by atoms with van der Waals surface area (Å²) in [5, 5.41) is 4.19. The topological polar surface area (TPSA) is 0 Å². The van der Waals surface area contributed by atoms with Crippen LogP contribution in [0.15, 0.2) is 212 Å². The van der Waals surface area contributed by atoms with Gasteiger partial charge in [0.2, 0.25) is 0 Å². The van der Waals surface area contributed by atoms with E-state index in [9.17, 15) is 0 Å². The van der Waals surface area contributed by atoms with Crippen LogP contribution in [0, 0.1) is 0 Å². The lowest BCUT2D eigenvalue weighted by Crippen LogP contribution is -2.74. The summed E-state index contributed by atoms with van der Waals surface area (Å²) in [7, 11) is -0.446. The Morgan fingerprint density at radius 2 is 0.422 bits per heavy atom. The summed E-state index contributed by atoms with van der Waals surface area (Å²) in [4.78, 5) is 0. The molecular formula is C42H39BP2. The fourth-order valence-corrected chi connectivity index (χ4v) is 8.61. The molecule has 1 atom stereocenters. The number of benzene rings is 7. The number of hydrogen-bond acceptors (Lipinski definition) is 0. The largest absolute Gasteiger partial charge is 0.195 e. The lowest BCUT2D eigenvalue weighted by molar-refractivity contribution is 1.66. The quantitative estimate of drug-likeness (QED) is 0.146. The first-order valence-electron chi connectivity index (χ1n) is 15.2. The molecule has 0 aliphatic rings. The summed E-state index contributed by atoms with van der Waals surface area (Å²) in [6.07, 6.45) is -1.22. The van der Waals surface area contributed by atoms with E-state index < -0.39 is 14.1 Å². The predicted molar refractivity (Wildman–Crippen MR) is 208 cm³/mol. The van der Waals surface area contributed by atoms with Gasteiger partial charge in [0.15, 0.2) is 0 Å². The van der Waals surface area contributed by atoms with Crippen molar-refractivity contribution in [3.8, 4) is 0 Å². The monoisotopic (exact) mass is 616 g/mol. The Morgan fingerprint density at radius 1 is 0.244 bits per heavy atom. The van der Waals surface area contributed by atoms with Gasteiger partial charge in [0.1, 0.15) is 6.15 Å². The van der Waals surface area contributed by atoms with Crippen molar-refractivity contribution >= 4 is 61.7 Å². The molecule has 7 aromatic carbocycles. The van der Waals surface area contributed by atoms with Crippen LogP contribution in [0.2, 0.25) is 0 Å². The van der Waals surface area contributed by atoms with Crippen LogP contribution in [0.4, 0.5) is 0 Å². The first-order chi connectivity index (χ1) is 21.9. The van der Waals surface area contributed by atoms with Gasteiger partial charge >= 0.3 is 0 Å². The SMILES string of the molecule is [PH4+].c1ccc(P(c2ccccc2)c2ccccc2)cc1.c1ccc([B-](c2ccccc2)(c2ccccc2)c2ccccc2)cc1. The summed E-state index contributed by atoms with van der Waals surface area (Å²) >= 11 is 0. The maximum atomic E-state index is 2.26.